The minimum atomic E-state index is -1.41. The molecule has 47 heavy (non-hydrogen) atoms. The van der Waals surface area contributed by atoms with Crippen molar-refractivity contribution in [3.63, 3.8) is 0 Å². The number of cyclic esters (lactones) is 1. The molecule has 256 valence electrons. The lowest BCUT2D eigenvalue weighted by molar-refractivity contribution is -0.161. The molecular formula is C36H48BrN3O7. The van der Waals surface area contributed by atoms with Crippen molar-refractivity contribution in [1.82, 2.24) is 15.1 Å². The number of carbonyl (C=O) groups is 4. The third-order valence-electron chi connectivity index (χ3n) is 9.66. The molecule has 1 spiro atoms. The molecule has 11 heteroatoms. The van der Waals surface area contributed by atoms with E-state index in [0.29, 0.717) is 22.9 Å². The Hall–Kier alpha value is -3.02. The second-order valence-electron chi connectivity index (χ2n) is 15.1. The summed E-state index contributed by atoms with van der Waals surface area (Å²) in [6.07, 6.45) is 5.57. The lowest BCUT2D eigenvalue weighted by Gasteiger charge is -2.45. The van der Waals surface area contributed by atoms with E-state index in [9.17, 15) is 19.5 Å². The highest BCUT2D eigenvalue weighted by atomic mass is 79.9. The smallest absolute Gasteiger partial charge is 0.313 e. The van der Waals surface area contributed by atoms with Crippen molar-refractivity contribution in [1.29, 1.82) is 0 Å². The van der Waals surface area contributed by atoms with Crippen LogP contribution in [0.25, 0.3) is 0 Å². The van der Waals surface area contributed by atoms with E-state index < -0.39 is 53.2 Å². The molecular weight excluding hydrogens is 666 g/mol. The number of hydrogen-bond acceptors (Lipinski definition) is 7. The van der Waals surface area contributed by atoms with Crippen molar-refractivity contribution < 1.29 is 33.8 Å². The van der Waals surface area contributed by atoms with Crippen molar-refractivity contribution >= 4 is 39.6 Å². The third-order valence-corrected chi connectivity index (χ3v) is 10.3. The van der Waals surface area contributed by atoms with Gasteiger partial charge in [-0.2, -0.15) is 0 Å². The second-order valence-corrected chi connectivity index (χ2v) is 16.0. The lowest BCUT2D eigenvalue weighted by atomic mass is 9.74. The first-order valence-corrected chi connectivity index (χ1v) is 17.4. The number of likely N-dealkylation sites (tertiary alicyclic amines) is 1. The zero-order valence-electron chi connectivity index (χ0n) is 28.2. The summed E-state index contributed by atoms with van der Waals surface area (Å²) in [4.78, 5) is 60.1. The second kappa shape index (κ2) is 13.5. The van der Waals surface area contributed by atoms with Crippen LogP contribution in [0, 0.1) is 17.3 Å². The van der Waals surface area contributed by atoms with Crippen molar-refractivity contribution in [2.45, 2.75) is 103 Å². The van der Waals surface area contributed by atoms with Crippen LogP contribution < -0.4 is 5.32 Å². The number of aliphatic hydroxyl groups excluding tert-OH is 1. The molecule has 7 atom stereocenters. The highest BCUT2D eigenvalue weighted by Crippen LogP contribution is 2.59. The highest BCUT2D eigenvalue weighted by molar-refractivity contribution is 9.11. The van der Waals surface area contributed by atoms with Crippen molar-refractivity contribution in [3.8, 4) is 0 Å². The molecule has 2 fully saturated rings. The summed E-state index contributed by atoms with van der Waals surface area (Å²) in [6, 6.07) is 7.57. The number of halogens is 1. The van der Waals surface area contributed by atoms with Crippen molar-refractivity contribution in [2.75, 3.05) is 19.7 Å². The Balaban J connectivity index is 1.63. The summed E-state index contributed by atoms with van der Waals surface area (Å²) in [5.41, 5.74) is -1.46. The minimum absolute atomic E-state index is 0.117. The Bertz CT molecular complexity index is 1440. The van der Waals surface area contributed by atoms with Gasteiger partial charge >= 0.3 is 5.97 Å². The normalized spacial score (nSPS) is 32.6. The van der Waals surface area contributed by atoms with E-state index >= 15 is 4.79 Å². The van der Waals surface area contributed by atoms with Gasteiger partial charge in [-0.15, -0.1) is 0 Å². The first kappa shape index (κ1) is 35.3. The number of nitrogens with one attached hydrogen (secondary N) is 1. The zero-order chi connectivity index (χ0) is 34.3. The number of nitrogens with zero attached hydrogens (tertiary/aromatic N) is 2. The topological polar surface area (TPSA) is 125 Å². The Morgan fingerprint density at radius 2 is 1.72 bits per heavy atom. The van der Waals surface area contributed by atoms with Gasteiger partial charge in [-0.05, 0) is 57.1 Å². The van der Waals surface area contributed by atoms with Crippen LogP contribution in [0.15, 0.2) is 53.0 Å². The van der Waals surface area contributed by atoms with E-state index in [1.807, 2.05) is 56.3 Å². The average Bonchev–Trinajstić information content (AvgIpc) is 3.57. The molecule has 1 aromatic carbocycles. The van der Waals surface area contributed by atoms with Gasteiger partial charge < -0.3 is 29.7 Å². The number of fused-ring (bicyclic) bond motifs is 2. The predicted molar refractivity (Wildman–Crippen MR) is 180 cm³/mol. The molecule has 0 unspecified atom stereocenters. The van der Waals surface area contributed by atoms with Crippen LogP contribution in [0.1, 0.15) is 78.9 Å². The number of ether oxygens (including phenoxy) is 2. The zero-order valence-corrected chi connectivity index (χ0v) is 29.8. The van der Waals surface area contributed by atoms with Gasteiger partial charge in [0.1, 0.15) is 29.8 Å². The maximum Gasteiger partial charge on any atom is 0.313 e. The molecule has 2 N–H and O–H groups in total. The Kier molecular flexibility index (Phi) is 10.1. The van der Waals surface area contributed by atoms with Crippen molar-refractivity contribution in [3.05, 3.63) is 58.6 Å². The number of carbonyl (C=O) groups excluding carboxylic acids is 4. The molecule has 3 amide bonds. The summed E-state index contributed by atoms with van der Waals surface area (Å²) >= 11 is 3.61. The molecule has 4 aliphatic rings. The number of benzene rings is 1. The van der Waals surface area contributed by atoms with Gasteiger partial charge in [-0.1, -0.05) is 79.2 Å². The number of allylic oxidation sites excluding steroid dienone is 1. The Morgan fingerprint density at radius 1 is 1.02 bits per heavy atom. The molecule has 0 aliphatic carbocycles. The summed E-state index contributed by atoms with van der Waals surface area (Å²) in [6.45, 7) is 12.4. The van der Waals surface area contributed by atoms with Gasteiger partial charge in [0.15, 0.2) is 0 Å². The van der Waals surface area contributed by atoms with E-state index in [1.54, 1.807) is 17.9 Å². The van der Waals surface area contributed by atoms with Crippen LogP contribution >= 0.6 is 15.9 Å². The molecule has 10 nitrogen and oxygen atoms in total. The number of hydrogen-bond donors (Lipinski definition) is 2. The van der Waals surface area contributed by atoms with Crippen molar-refractivity contribution in [2.24, 2.45) is 17.3 Å². The maximum atomic E-state index is 15.0. The first-order chi connectivity index (χ1) is 22.1. The molecule has 0 radical (unpaired) electrons. The van der Waals surface area contributed by atoms with E-state index in [-0.39, 0.29) is 55.7 Å². The van der Waals surface area contributed by atoms with E-state index in [0.717, 1.165) is 0 Å². The molecule has 4 aliphatic heterocycles. The minimum Gasteiger partial charge on any atom is -0.455 e. The van der Waals surface area contributed by atoms with Gasteiger partial charge in [-0.3, -0.25) is 19.2 Å². The van der Waals surface area contributed by atoms with E-state index in [1.165, 1.54) is 4.90 Å². The monoisotopic (exact) mass is 713 g/mol. The lowest BCUT2D eigenvalue weighted by Crippen LogP contribution is -2.60. The van der Waals surface area contributed by atoms with Crippen LogP contribution in [0.3, 0.4) is 0 Å². The van der Waals surface area contributed by atoms with Gasteiger partial charge in [0.2, 0.25) is 17.7 Å². The average molecular weight is 715 g/mol. The molecule has 0 aromatic heterocycles. The molecule has 4 heterocycles. The first-order valence-electron chi connectivity index (χ1n) is 16.6. The third kappa shape index (κ3) is 6.81. The predicted octanol–water partition coefficient (Wildman–Crippen LogP) is 4.42. The molecule has 2 saturated heterocycles. The Morgan fingerprint density at radius 3 is 2.38 bits per heavy atom. The molecule has 5 bridgehead atoms. The fourth-order valence-electron chi connectivity index (χ4n) is 8.14. The van der Waals surface area contributed by atoms with Gasteiger partial charge in [-0.25, -0.2) is 0 Å². The number of amides is 3. The summed E-state index contributed by atoms with van der Waals surface area (Å²) in [7, 11) is 0. The highest BCUT2D eigenvalue weighted by Gasteiger charge is 2.75. The van der Waals surface area contributed by atoms with Gasteiger partial charge in [0, 0.05) is 36.1 Å². The summed E-state index contributed by atoms with van der Waals surface area (Å²) < 4.78 is 13.4. The number of esters is 1. The summed E-state index contributed by atoms with van der Waals surface area (Å²) in [5, 5.41) is 12.8. The van der Waals surface area contributed by atoms with Crippen LogP contribution in [-0.2, 0) is 28.7 Å². The van der Waals surface area contributed by atoms with Crippen LogP contribution in [0.5, 0.6) is 0 Å². The SMILES string of the molecule is C[C@H]1NC(=O)CC/C=C\CN(C(C)(C)CC(C)(C)C)C(=O)[C@@H]2N(CCCO)C(=O)[C@H]3[C@H](C(=O)O[C@@H]1c1ccccc1)[C@H]1O[C@@]23C=C1Br. The molecule has 5 rings (SSSR count). The summed E-state index contributed by atoms with van der Waals surface area (Å²) in [5.74, 6) is -3.53. The molecule has 1 aromatic rings. The maximum absolute atomic E-state index is 15.0. The van der Waals surface area contributed by atoms with Crippen LogP contribution in [-0.4, -0.2) is 87.6 Å². The number of rotatable bonds is 6. The van der Waals surface area contributed by atoms with Crippen LogP contribution in [0.2, 0.25) is 0 Å². The van der Waals surface area contributed by atoms with Crippen LogP contribution in [0.4, 0.5) is 0 Å². The Labute approximate surface area is 286 Å². The standard InChI is InChI=1S/C36H48BrN3O7/c1-22-28(23-14-9-7-10-15-23)46-33(45)26-27-31(43)39(17-13-19-41)30(36(27)20-24(37)29(26)47-36)32(44)40(35(5,6)21-34(2,3)4)18-12-8-11-16-25(42)38-22/h7-10,12,14-15,20,22,26-30,41H,11,13,16-19,21H2,1-6H3,(H,38,42)/b12-8-/t22-,26+,27-,28+,29+,30+,36-/m1/s1. The largest absolute Gasteiger partial charge is 0.455 e. The van der Waals surface area contributed by atoms with E-state index in [4.69, 9.17) is 9.47 Å². The quantitative estimate of drug-likeness (QED) is 0.330. The van der Waals surface area contributed by atoms with Gasteiger partial charge in [0.05, 0.1) is 12.0 Å². The fraction of sp³-hybridized carbons (Fsp3) is 0.611. The molecule has 0 saturated carbocycles. The number of aliphatic hydroxyl groups is 1. The van der Waals surface area contributed by atoms with Gasteiger partial charge in [0.25, 0.3) is 0 Å². The van der Waals surface area contributed by atoms with E-state index in [2.05, 4.69) is 42.0 Å². The fourth-order valence-corrected chi connectivity index (χ4v) is 8.88.